The number of carboxylic acids is 1. The fourth-order valence-corrected chi connectivity index (χ4v) is 8.71. The lowest BCUT2D eigenvalue weighted by atomic mass is 9.43. The van der Waals surface area contributed by atoms with Crippen LogP contribution in [0.15, 0.2) is 0 Å². The molecule has 28 heavy (non-hydrogen) atoms. The van der Waals surface area contributed by atoms with Crippen molar-refractivity contribution in [3.63, 3.8) is 0 Å². The first-order valence-electron chi connectivity index (χ1n) is 11.8. The van der Waals surface area contributed by atoms with Crippen LogP contribution in [0.2, 0.25) is 0 Å². The third kappa shape index (κ3) is 3.05. The van der Waals surface area contributed by atoms with Gasteiger partial charge in [0, 0.05) is 6.42 Å². The Balaban J connectivity index is 1.56. The minimum absolute atomic E-state index is 0.0591. The van der Waals surface area contributed by atoms with Crippen LogP contribution in [-0.2, 0) is 4.79 Å². The number of carboxylic acid groups (broad SMARTS) is 1. The highest BCUT2D eigenvalue weighted by Gasteiger charge is 2.63. The van der Waals surface area contributed by atoms with E-state index in [0.717, 1.165) is 38.5 Å². The molecule has 10 atom stereocenters. The van der Waals surface area contributed by atoms with Crippen molar-refractivity contribution >= 4 is 5.97 Å². The van der Waals surface area contributed by atoms with Gasteiger partial charge in [0.1, 0.15) is 0 Å². The molecule has 3 N–H and O–H groups in total. The van der Waals surface area contributed by atoms with E-state index in [0.29, 0.717) is 35.5 Å². The number of hydrogen-bond acceptors (Lipinski definition) is 3. The Kier molecular flexibility index (Phi) is 5.36. The maximum atomic E-state index is 11.5. The summed E-state index contributed by atoms with van der Waals surface area (Å²) in [5.74, 6) is 2.55. The van der Waals surface area contributed by atoms with Crippen LogP contribution >= 0.6 is 0 Å². The molecule has 4 rings (SSSR count). The molecule has 0 unspecified atom stereocenters. The third-order valence-electron chi connectivity index (χ3n) is 10.3. The number of hydrogen-bond donors (Lipinski definition) is 3. The lowest BCUT2D eigenvalue weighted by Crippen LogP contribution is -2.58. The molecule has 4 aliphatic carbocycles. The van der Waals surface area contributed by atoms with Gasteiger partial charge in [-0.3, -0.25) is 4.79 Å². The summed E-state index contributed by atoms with van der Waals surface area (Å²) in [5.41, 5.74) is 0.216. The highest BCUT2D eigenvalue weighted by atomic mass is 16.4. The highest BCUT2D eigenvalue weighted by molar-refractivity contribution is 5.66. The standard InChI is InChI=1S/C24H40O4/c1-14(4-9-22(27)28)18-7-8-19-17-6-5-15-12-16(25)10-11-23(15,2)20(17)13-21(26)24(18,19)3/h14-21,25-26H,4-13H2,1-3H3,(H,27,28)/t14-,15+,16-,17-,18+,19-,20-,21-,23-,24+/m0/s1. The zero-order valence-electron chi connectivity index (χ0n) is 17.9. The predicted octanol–water partition coefficient (Wildman–Crippen LogP) is 4.48. The topological polar surface area (TPSA) is 77.8 Å². The van der Waals surface area contributed by atoms with Crippen molar-refractivity contribution in [1.29, 1.82) is 0 Å². The molecule has 0 heterocycles. The minimum atomic E-state index is -0.707. The van der Waals surface area contributed by atoms with E-state index in [2.05, 4.69) is 20.8 Å². The fraction of sp³-hybridized carbons (Fsp3) is 0.958. The maximum absolute atomic E-state index is 11.5. The summed E-state index contributed by atoms with van der Waals surface area (Å²) in [4.78, 5) is 11.1. The smallest absolute Gasteiger partial charge is 0.303 e. The summed E-state index contributed by atoms with van der Waals surface area (Å²) in [6, 6.07) is 0. The molecule has 4 saturated carbocycles. The fourth-order valence-electron chi connectivity index (χ4n) is 8.71. The molecule has 0 radical (unpaired) electrons. The summed E-state index contributed by atoms with van der Waals surface area (Å²) < 4.78 is 0. The molecule has 0 amide bonds. The van der Waals surface area contributed by atoms with Crippen LogP contribution in [0.25, 0.3) is 0 Å². The number of fused-ring (bicyclic) bond motifs is 5. The maximum Gasteiger partial charge on any atom is 0.303 e. The average Bonchev–Trinajstić information content (AvgIpc) is 3.00. The van der Waals surface area contributed by atoms with E-state index in [1.54, 1.807) is 0 Å². The highest BCUT2D eigenvalue weighted by Crippen LogP contribution is 2.68. The first kappa shape index (κ1) is 20.7. The van der Waals surface area contributed by atoms with Gasteiger partial charge in [-0.2, -0.15) is 0 Å². The molecular weight excluding hydrogens is 352 g/mol. The van der Waals surface area contributed by atoms with Crippen molar-refractivity contribution in [2.45, 2.75) is 97.2 Å². The average molecular weight is 393 g/mol. The Morgan fingerprint density at radius 1 is 1.04 bits per heavy atom. The van der Waals surface area contributed by atoms with Gasteiger partial charge in [-0.25, -0.2) is 0 Å². The molecule has 0 saturated heterocycles. The number of aliphatic carboxylic acids is 1. The molecule has 4 nitrogen and oxygen atoms in total. The van der Waals surface area contributed by atoms with Gasteiger partial charge in [0.25, 0.3) is 0 Å². The van der Waals surface area contributed by atoms with Crippen LogP contribution in [0.4, 0.5) is 0 Å². The second-order valence-corrected chi connectivity index (χ2v) is 11.3. The van der Waals surface area contributed by atoms with Crippen LogP contribution in [0.1, 0.15) is 85.0 Å². The second kappa shape index (κ2) is 7.27. The van der Waals surface area contributed by atoms with E-state index in [4.69, 9.17) is 5.11 Å². The van der Waals surface area contributed by atoms with Gasteiger partial charge in [0.05, 0.1) is 12.2 Å². The quantitative estimate of drug-likeness (QED) is 0.659. The van der Waals surface area contributed by atoms with E-state index in [1.165, 1.54) is 19.3 Å². The summed E-state index contributed by atoms with van der Waals surface area (Å²) in [6.07, 6.45) is 9.26. The number of aliphatic hydroxyl groups excluding tert-OH is 2. The molecule has 4 aliphatic rings. The lowest BCUT2D eigenvalue weighted by Gasteiger charge is -2.62. The van der Waals surface area contributed by atoms with Gasteiger partial charge in [0.15, 0.2) is 0 Å². The van der Waals surface area contributed by atoms with E-state index >= 15 is 0 Å². The first-order chi connectivity index (χ1) is 13.2. The van der Waals surface area contributed by atoms with Crippen molar-refractivity contribution in [2.75, 3.05) is 0 Å². The molecule has 0 aliphatic heterocycles. The van der Waals surface area contributed by atoms with Crippen molar-refractivity contribution < 1.29 is 20.1 Å². The van der Waals surface area contributed by atoms with Crippen LogP contribution in [0.5, 0.6) is 0 Å². The molecule has 0 aromatic rings. The molecule has 160 valence electrons. The zero-order chi connectivity index (χ0) is 20.3. The SMILES string of the molecule is C[C@@H](CCC(=O)O)[C@H]1CC[C@H]2[C@@H]3CC[C@@H]4C[C@@H](O)CC[C@]4(C)[C@H]3C[C@H](O)[C@]12C. The first-order valence-corrected chi connectivity index (χ1v) is 11.8. The number of aliphatic hydroxyl groups is 2. The minimum Gasteiger partial charge on any atom is -0.481 e. The van der Waals surface area contributed by atoms with Crippen molar-refractivity contribution in [3.05, 3.63) is 0 Å². The molecule has 4 fully saturated rings. The van der Waals surface area contributed by atoms with Crippen LogP contribution in [0, 0.1) is 46.3 Å². The normalized spacial score (nSPS) is 51.7. The lowest BCUT2D eigenvalue weighted by molar-refractivity contribution is -0.175. The Bertz CT molecular complexity index is 605. The summed E-state index contributed by atoms with van der Waals surface area (Å²) in [7, 11) is 0. The number of rotatable bonds is 4. The van der Waals surface area contributed by atoms with Gasteiger partial charge in [0.2, 0.25) is 0 Å². The van der Waals surface area contributed by atoms with E-state index in [1.807, 2.05) is 0 Å². The molecule has 4 heteroatoms. The molecule has 0 aromatic heterocycles. The van der Waals surface area contributed by atoms with Crippen LogP contribution < -0.4 is 0 Å². The third-order valence-corrected chi connectivity index (χ3v) is 10.3. The summed E-state index contributed by atoms with van der Waals surface area (Å²) in [6.45, 7) is 6.99. The Hall–Kier alpha value is -0.610. The van der Waals surface area contributed by atoms with Crippen LogP contribution in [0.3, 0.4) is 0 Å². The van der Waals surface area contributed by atoms with Crippen molar-refractivity contribution in [3.8, 4) is 0 Å². The summed E-state index contributed by atoms with van der Waals surface area (Å²) >= 11 is 0. The molecule has 0 bridgehead atoms. The van der Waals surface area contributed by atoms with Crippen molar-refractivity contribution in [2.24, 2.45) is 46.3 Å². The second-order valence-electron chi connectivity index (χ2n) is 11.3. The van der Waals surface area contributed by atoms with Gasteiger partial charge in [-0.15, -0.1) is 0 Å². The molecule has 0 spiro atoms. The van der Waals surface area contributed by atoms with E-state index in [-0.39, 0.29) is 29.5 Å². The largest absolute Gasteiger partial charge is 0.481 e. The Morgan fingerprint density at radius 2 is 1.79 bits per heavy atom. The predicted molar refractivity (Wildman–Crippen MR) is 109 cm³/mol. The number of carbonyl (C=O) groups is 1. The zero-order valence-corrected chi connectivity index (χ0v) is 17.9. The molecule has 0 aromatic carbocycles. The van der Waals surface area contributed by atoms with E-state index < -0.39 is 5.97 Å². The van der Waals surface area contributed by atoms with Gasteiger partial charge in [-0.05, 0) is 104 Å². The molecular formula is C24H40O4. The Morgan fingerprint density at radius 3 is 2.50 bits per heavy atom. The summed E-state index contributed by atoms with van der Waals surface area (Å²) in [5, 5.41) is 30.8. The van der Waals surface area contributed by atoms with Crippen molar-refractivity contribution in [1.82, 2.24) is 0 Å². The van der Waals surface area contributed by atoms with E-state index in [9.17, 15) is 15.0 Å². The van der Waals surface area contributed by atoms with Gasteiger partial charge >= 0.3 is 5.97 Å². The van der Waals surface area contributed by atoms with Gasteiger partial charge < -0.3 is 15.3 Å². The van der Waals surface area contributed by atoms with Gasteiger partial charge in [-0.1, -0.05) is 20.8 Å². The van der Waals surface area contributed by atoms with Crippen LogP contribution in [-0.4, -0.2) is 33.5 Å². The monoisotopic (exact) mass is 392 g/mol. The Labute approximate surface area is 170 Å².